The zero-order chi connectivity index (χ0) is 11.3. The molecule has 0 fully saturated rings. The minimum Gasteiger partial charge on any atom is -0.355 e. The van der Waals surface area contributed by atoms with Crippen molar-refractivity contribution in [3.8, 4) is 0 Å². The summed E-state index contributed by atoms with van der Waals surface area (Å²) in [5.74, 6) is 0. The first-order valence-corrected chi connectivity index (χ1v) is 4.95. The first-order chi connectivity index (χ1) is 7.17. The highest BCUT2D eigenvalue weighted by Crippen LogP contribution is 2.10. The van der Waals surface area contributed by atoms with E-state index in [-0.39, 0.29) is 12.3 Å². The topological polar surface area (TPSA) is 48.3 Å². The Labute approximate surface area is 90.4 Å². The van der Waals surface area contributed by atoms with Crippen molar-refractivity contribution in [3.05, 3.63) is 18.0 Å². The molecule has 0 aliphatic heterocycles. The predicted octanol–water partition coefficient (Wildman–Crippen LogP) is 0.690. The minimum absolute atomic E-state index is 0.205. The fourth-order valence-electron chi connectivity index (χ4n) is 1.32. The van der Waals surface area contributed by atoms with Crippen molar-refractivity contribution in [1.29, 1.82) is 0 Å². The summed E-state index contributed by atoms with van der Waals surface area (Å²) in [6.45, 7) is 2.74. The average Bonchev–Trinajstić information content (AvgIpc) is 2.66. The molecule has 0 aromatic carbocycles. The number of aromatic nitrogens is 2. The van der Waals surface area contributed by atoms with Gasteiger partial charge in [-0.3, -0.25) is 4.68 Å². The number of ether oxygens (including phenoxy) is 2. The maximum Gasteiger partial charge on any atom is 0.169 e. The molecule has 0 aliphatic carbocycles. The summed E-state index contributed by atoms with van der Waals surface area (Å²) in [6.07, 6.45) is 3.64. The first kappa shape index (κ1) is 12.2. The summed E-state index contributed by atoms with van der Waals surface area (Å²) >= 11 is 0. The summed E-state index contributed by atoms with van der Waals surface area (Å²) in [5, 5.41) is 7.43. The Morgan fingerprint density at radius 3 is 2.60 bits per heavy atom. The Morgan fingerprint density at radius 2 is 2.13 bits per heavy atom. The number of rotatable bonds is 6. The Morgan fingerprint density at radius 1 is 1.47 bits per heavy atom. The van der Waals surface area contributed by atoms with Crippen LogP contribution in [0.25, 0.3) is 0 Å². The Bertz CT molecular complexity index is 284. The van der Waals surface area contributed by atoms with Gasteiger partial charge in [0.1, 0.15) is 0 Å². The van der Waals surface area contributed by atoms with Gasteiger partial charge in [-0.2, -0.15) is 5.10 Å². The van der Waals surface area contributed by atoms with Gasteiger partial charge in [-0.1, -0.05) is 0 Å². The zero-order valence-electron chi connectivity index (χ0n) is 9.73. The van der Waals surface area contributed by atoms with E-state index in [1.807, 2.05) is 19.4 Å². The lowest BCUT2D eigenvalue weighted by molar-refractivity contribution is -0.0997. The van der Waals surface area contributed by atoms with Crippen molar-refractivity contribution >= 4 is 0 Å². The third kappa shape index (κ3) is 3.62. The van der Waals surface area contributed by atoms with Crippen molar-refractivity contribution in [2.75, 3.05) is 20.8 Å². The molecule has 0 aliphatic rings. The maximum atomic E-state index is 5.09. The molecular weight excluding hydrogens is 194 g/mol. The van der Waals surface area contributed by atoms with E-state index in [1.165, 1.54) is 0 Å². The largest absolute Gasteiger partial charge is 0.355 e. The normalized spacial score (nSPS) is 13.4. The summed E-state index contributed by atoms with van der Waals surface area (Å²) in [7, 11) is 5.17. The van der Waals surface area contributed by atoms with Crippen LogP contribution in [-0.4, -0.2) is 36.8 Å². The quantitative estimate of drug-likeness (QED) is 0.706. The molecule has 1 aromatic heterocycles. The van der Waals surface area contributed by atoms with Gasteiger partial charge in [-0.05, 0) is 6.92 Å². The lowest BCUT2D eigenvalue weighted by Crippen LogP contribution is -2.31. The molecule has 5 heteroatoms. The Kier molecular flexibility index (Phi) is 4.74. The third-order valence-electron chi connectivity index (χ3n) is 2.34. The van der Waals surface area contributed by atoms with Gasteiger partial charge in [-0.25, -0.2) is 0 Å². The first-order valence-electron chi connectivity index (χ1n) is 4.95. The van der Waals surface area contributed by atoms with Gasteiger partial charge in [0.05, 0.1) is 6.20 Å². The lowest BCUT2D eigenvalue weighted by Gasteiger charge is -2.17. The van der Waals surface area contributed by atoms with Gasteiger partial charge in [0.15, 0.2) is 6.29 Å². The molecule has 5 nitrogen and oxygen atoms in total. The second-order valence-electron chi connectivity index (χ2n) is 3.48. The highest BCUT2D eigenvalue weighted by molar-refractivity contribution is 5.08. The summed E-state index contributed by atoms with van der Waals surface area (Å²) in [6, 6.07) is 0.242. The molecule has 0 spiro atoms. The fraction of sp³-hybridized carbons (Fsp3) is 0.700. The molecule has 1 atom stereocenters. The highest BCUT2D eigenvalue weighted by Gasteiger charge is 2.10. The maximum absolute atomic E-state index is 5.09. The molecule has 0 radical (unpaired) electrons. The van der Waals surface area contributed by atoms with Gasteiger partial charge in [0, 0.05) is 45.6 Å². The molecule has 0 bridgehead atoms. The Hall–Kier alpha value is -0.910. The average molecular weight is 213 g/mol. The zero-order valence-corrected chi connectivity index (χ0v) is 9.73. The predicted molar refractivity (Wildman–Crippen MR) is 57.4 cm³/mol. The highest BCUT2D eigenvalue weighted by atomic mass is 16.7. The van der Waals surface area contributed by atoms with Crippen LogP contribution in [0.5, 0.6) is 0 Å². The molecule has 1 heterocycles. The van der Waals surface area contributed by atoms with Crippen molar-refractivity contribution in [2.24, 2.45) is 7.05 Å². The van der Waals surface area contributed by atoms with E-state index in [2.05, 4.69) is 17.3 Å². The van der Waals surface area contributed by atoms with Crippen LogP contribution >= 0.6 is 0 Å². The minimum atomic E-state index is -0.205. The number of methoxy groups -OCH3 is 2. The van der Waals surface area contributed by atoms with Crippen LogP contribution in [0.1, 0.15) is 18.5 Å². The molecule has 15 heavy (non-hydrogen) atoms. The van der Waals surface area contributed by atoms with Crippen molar-refractivity contribution in [3.63, 3.8) is 0 Å². The number of nitrogens with zero attached hydrogens (tertiary/aromatic N) is 2. The van der Waals surface area contributed by atoms with Gasteiger partial charge in [-0.15, -0.1) is 0 Å². The van der Waals surface area contributed by atoms with Crippen molar-refractivity contribution in [2.45, 2.75) is 19.3 Å². The SMILES string of the molecule is COC(CNC(C)c1cnn(C)c1)OC. The Balaban J connectivity index is 2.39. The molecule has 0 saturated carbocycles. The number of nitrogens with one attached hydrogen (secondary N) is 1. The van der Waals surface area contributed by atoms with Crippen LogP contribution in [0, 0.1) is 0 Å². The van der Waals surface area contributed by atoms with Crippen molar-refractivity contribution < 1.29 is 9.47 Å². The monoisotopic (exact) mass is 213 g/mol. The van der Waals surface area contributed by atoms with Crippen molar-refractivity contribution in [1.82, 2.24) is 15.1 Å². The standard InChI is InChI=1S/C10H19N3O2/c1-8(9-5-12-13(2)7-9)11-6-10(14-3)15-4/h5,7-8,10-11H,6H2,1-4H3. The number of hydrogen-bond donors (Lipinski definition) is 1. The van der Waals surface area contributed by atoms with E-state index in [1.54, 1.807) is 18.9 Å². The molecule has 1 aromatic rings. The summed E-state index contributed by atoms with van der Waals surface area (Å²) < 4.78 is 12.0. The van der Waals surface area contributed by atoms with E-state index >= 15 is 0 Å². The van der Waals surface area contributed by atoms with Gasteiger partial charge >= 0.3 is 0 Å². The smallest absolute Gasteiger partial charge is 0.169 e. The van der Waals surface area contributed by atoms with Crippen LogP contribution in [0.15, 0.2) is 12.4 Å². The molecule has 1 N–H and O–H groups in total. The number of hydrogen-bond acceptors (Lipinski definition) is 4. The molecular formula is C10H19N3O2. The van der Waals surface area contributed by atoms with Crippen LogP contribution < -0.4 is 5.32 Å². The fourth-order valence-corrected chi connectivity index (χ4v) is 1.32. The number of aryl methyl sites for hydroxylation is 1. The third-order valence-corrected chi connectivity index (χ3v) is 2.34. The van der Waals surface area contributed by atoms with Crippen LogP contribution in [-0.2, 0) is 16.5 Å². The second kappa shape index (κ2) is 5.85. The summed E-state index contributed by atoms with van der Waals surface area (Å²) in [4.78, 5) is 0. The van der Waals surface area contributed by atoms with Gasteiger partial charge in [0.2, 0.25) is 0 Å². The molecule has 0 saturated heterocycles. The molecule has 1 rings (SSSR count). The van der Waals surface area contributed by atoms with Crippen LogP contribution in [0.2, 0.25) is 0 Å². The van der Waals surface area contributed by atoms with E-state index in [0.717, 1.165) is 5.56 Å². The van der Waals surface area contributed by atoms with Crippen LogP contribution in [0.4, 0.5) is 0 Å². The van der Waals surface area contributed by atoms with Gasteiger partial charge < -0.3 is 14.8 Å². The van der Waals surface area contributed by atoms with Gasteiger partial charge in [0.25, 0.3) is 0 Å². The molecule has 86 valence electrons. The van der Waals surface area contributed by atoms with E-state index in [0.29, 0.717) is 6.54 Å². The van der Waals surface area contributed by atoms with E-state index in [9.17, 15) is 0 Å². The van der Waals surface area contributed by atoms with E-state index < -0.39 is 0 Å². The summed E-state index contributed by atoms with van der Waals surface area (Å²) in [5.41, 5.74) is 1.16. The molecule has 0 amide bonds. The second-order valence-corrected chi connectivity index (χ2v) is 3.48. The molecule has 1 unspecified atom stereocenters. The van der Waals surface area contributed by atoms with E-state index in [4.69, 9.17) is 9.47 Å². The lowest BCUT2D eigenvalue weighted by atomic mass is 10.2. The van der Waals surface area contributed by atoms with Crippen LogP contribution in [0.3, 0.4) is 0 Å².